The fourth-order valence-corrected chi connectivity index (χ4v) is 4.72. The van der Waals surface area contributed by atoms with E-state index in [-0.39, 0.29) is 35.4 Å². The van der Waals surface area contributed by atoms with Crippen molar-refractivity contribution < 1.29 is 18.7 Å². The molecular weight excluding hydrogens is 361 g/mol. The minimum absolute atomic E-state index is 0.137. The monoisotopic (exact) mass is 389 g/mol. The van der Waals surface area contributed by atoms with Gasteiger partial charge in [-0.15, -0.1) is 0 Å². The molecule has 1 spiro atoms. The van der Waals surface area contributed by atoms with E-state index in [0.29, 0.717) is 18.8 Å². The average Bonchev–Trinajstić information content (AvgIpc) is 3.36. The maximum absolute atomic E-state index is 13.0. The minimum Gasteiger partial charge on any atom is -0.362 e. The van der Waals surface area contributed by atoms with Gasteiger partial charge in [-0.25, -0.2) is 9.18 Å². The van der Waals surface area contributed by atoms with Crippen LogP contribution in [0, 0.1) is 11.7 Å². The quantitative estimate of drug-likeness (QED) is 0.845. The maximum atomic E-state index is 13.0. The molecule has 1 N–H and O–H groups in total. The van der Waals surface area contributed by atoms with E-state index in [4.69, 9.17) is 4.74 Å². The molecule has 3 fully saturated rings. The summed E-state index contributed by atoms with van der Waals surface area (Å²) in [6, 6.07) is 5.57. The Bertz CT molecular complexity index is 735. The first-order valence-corrected chi connectivity index (χ1v) is 10.2. The molecule has 3 aliphatic rings. The molecule has 1 aromatic carbocycles. The van der Waals surface area contributed by atoms with E-state index in [1.165, 1.54) is 12.1 Å². The van der Waals surface area contributed by atoms with E-state index in [1.807, 2.05) is 4.90 Å². The lowest BCUT2D eigenvalue weighted by Crippen LogP contribution is -2.54. The van der Waals surface area contributed by atoms with Crippen LogP contribution in [0.5, 0.6) is 0 Å². The standard InChI is InChI=1S/C21H28FN3O3/c1-15-14-25(20(27)23-17-6-4-16(22)5-7-17)13-10-21(15)9-8-18(28-21)19(26)24-11-2-3-12-24/h4-7,15,18H,2-3,8-14H2,1H3,(H,23,27)/t15-,18-,21+/m0/s1. The summed E-state index contributed by atoms with van der Waals surface area (Å²) >= 11 is 0. The number of nitrogens with zero attached hydrogens (tertiary/aromatic N) is 2. The van der Waals surface area contributed by atoms with Crippen LogP contribution in [0.2, 0.25) is 0 Å². The molecule has 3 atom stereocenters. The molecule has 0 aliphatic carbocycles. The number of nitrogens with one attached hydrogen (secondary N) is 1. The number of hydrogen-bond donors (Lipinski definition) is 1. The van der Waals surface area contributed by atoms with E-state index >= 15 is 0 Å². The summed E-state index contributed by atoms with van der Waals surface area (Å²) in [5.74, 6) is -0.0439. The number of carbonyl (C=O) groups excluding carboxylic acids is 2. The maximum Gasteiger partial charge on any atom is 0.321 e. The molecule has 3 saturated heterocycles. The third-order valence-corrected chi connectivity index (χ3v) is 6.48. The summed E-state index contributed by atoms with van der Waals surface area (Å²) in [5.41, 5.74) is 0.264. The first-order valence-electron chi connectivity index (χ1n) is 10.2. The summed E-state index contributed by atoms with van der Waals surface area (Å²) < 4.78 is 19.4. The third-order valence-electron chi connectivity index (χ3n) is 6.48. The van der Waals surface area contributed by atoms with Gasteiger partial charge in [0.2, 0.25) is 0 Å². The summed E-state index contributed by atoms with van der Waals surface area (Å²) in [5, 5.41) is 2.82. The zero-order valence-corrected chi connectivity index (χ0v) is 16.3. The van der Waals surface area contributed by atoms with Crippen LogP contribution in [-0.4, -0.2) is 59.6 Å². The Labute approximate surface area is 165 Å². The van der Waals surface area contributed by atoms with Gasteiger partial charge in [-0.2, -0.15) is 0 Å². The molecule has 0 unspecified atom stereocenters. The fourth-order valence-electron chi connectivity index (χ4n) is 4.72. The number of urea groups is 1. The highest BCUT2D eigenvalue weighted by atomic mass is 19.1. The number of likely N-dealkylation sites (tertiary alicyclic amines) is 2. The molecule has 4 rings (SSSR count). The molecule has 28 heavy (non-hydrogen) atoms. The van der Waals surface area contributed by atoms with Crippen LogP contribution in [0.15, 0.2) is 24.3 Å². The van der Waals surface area contributed by atoms with Gasteiger partial charge in [0.15, 0.2) is 0 Å². The summed E-state index contributed by atoms with van der Waals surface area (Å²) in [6.45, 7) is 4.96. The van der Waals surface area contributed by atoms with Gasteiger partial charge in [0, 0.05) is 37.8 Å². The molecule has 0 aromatic heterocycles. The van der Waals surface area contributed by atoms with E-state index in [2.05, 4.69) is 12.2 Å². The van der Waals surface area contributed by atoms with Crippen LogP contribution in [0.4, 0.5) is 14.9 Å². The zero-order valence-electron chi connectivity index (χ0n) is 16.3. The van der Waals surface area contributed by atoms with Gasteiger partial charge in [-0.1, -0.05) is 6.92 Å². The van der Waals surface area contributed by atoms with Crippen LogP contribution >= 0.6 is 0 Å². The van der Waals surface area contributed by atoms with E-state index in [1.54, 1.807) is 17.0 Å². The lowest BCUT2D eigenvalue weighted by Gasteiger charge is -2.44. The normalized spacial score (nSPS) is 30.1. The average molecular weight is 389 g/mol. The van der Waals surface area contributed by atoms with Crippen molar-refractivity contribution in [3.05, 3.63) is 30.1 Å². The van der Waals surface area contributed by atoms with Crippen LogP contribution in [0.1, 0.15) is 39.0 Å². The number of halogens is 1. The van der Waals surface area contributed by atoms with E-state index in [9.17, 15) is 14.0 Å². The Balaban J connectivity index is 1.34. The van der Waals surface area contributed by atoms with Gasteiger partial charge in [0.05, 0.1) is 5.60 Å². The minimum atomic E-state index is -0.333. The molecular formula is C21H28FN3O3. The number of carbonyl (C=O) groups is 2. The van der Waals surface area contributed by atoms with Crippen molar-refractivity contribution in [3.63, 3.8) is 0 Å². The number of anilines is 1. The van der Waals surface area contributed by atoms with Crippen molar-refractivity contribution in [2.45, 2.75) is 50.7 Å². The SMILES string of the molecule is C[C@H]1CN(C(=O)Nc2ccc(F)cc2)CC[C@]12CC[C@@H](C(=O)N1CCCC1)O2. The van der Waals surface area contributed by atoms with Crippen molar-refractivity contribution in [2.24, 2.45) is 5.92 Å². The molecule has 0 saturated carbocycles. The fraction of sp³-hybridized carbons (Fsp3) is 0.619. The lowest BCUT2D eigenvalue weighted by atomic mass is 9.80. The van der Waals surface area contributed by atoms with E-state index < -0.39 is 0 Å². The molecule has 7 heteroatoms. The highest BCUT2D eigenvalue weighted by Gasteiger charge is 2.50. The topological polar surface area (TPSA) is 61.9 Å². The lowest BCUT2D eigenvalue weighted by molar-refractivity contribution is -0.154. The first-order chi connectivity index (χ1) is 13.5. The Morgan fingerprint density at radius 3 is 2.50 bits per heavy atom. The van der Waals surface area contributed by atoms with Crippen LogP contribution in [-0.2, 0) is 9.53 Å². The van der Waals surface area contributed by atoms with E-state index in [0.717, 1.165) is 45.2 Å². The molecule has 3 aliphatic heterocycles. The molecule has 1 aromatic rings. The Kier molecular flexibility index (Phi) is 5.27. The second-order valence-corrected chi connectivity index (χ2v) is 8.28. The van der Waals surface area contributed by atoms with Gasteiger partial charge in [0.25, 0.3) is 5.91 Å². The molecule has 6 nitrogen and oxygen atoms in total. The summed E-state index contributed by atoms with van der Waals surface area (Å²) in [6.07, 6.45) is 4.19. The Morgan fingerprint density at radius 2 is 1.82 bits per heavy atom. The predicted octanol–water partition coefficient (Wildman–Crippen LogP) is 3.24. The third kappa shape index (κ3) is 3.72. The van der Waals surface area contributed by atoms with Crippen molar-refractivity contribution >= 4 is 17.6 Å². The number of hydrogen-bond acceptors (Lipinski definition) is 3. The molecule has 0 bridgehead atoms. The van der Waals surface area contributed by atoms with Gasteiger partial charge in [0.1, 0.15) is 11.9 Å². The molecule has 0 radical (unpaired) electrons. The number of amides is 3. The van der Waals surface area contributed by atoms with Crippen LogP contribution in [0.25, 0.3) is 0 Å². The van der Waals surface area contributed by atoms with Crippen LogP contribution in [0.3, 0.4) is 0 Å². The van der Waals surface area contributed by atoms with Crippen molar-refractivity contribution in [2.75, 3.05) is 31.5 Å². The zero-order chi connectivity index (χ0) is 19.7. The van der Waals surface area contributed by atoms with Crippen molar-refractivity contribution in [1.29, 1.82) is 0 Å². The molecule has 3 amide bonds. The Hall–Kier alpha value is -2.15. The van der Waals surface area contributed by atoms with Crippen molar-refractivity contribution in [3.8, 4) is 0 Å². The number of ether oxygens (including phenoxy) is 1. The second kappa shape index (κ2) is 7.70. The number of piperidine rings is 1. The van der Waals surface area contributed by atoms with Gasteiger partial charge < -0.3 is 19.9 Å². The van der Waals surface area contributed by atoms with Crippen LogP contribution < -0.4 is 5.32 Å². The molecule has 3 heterocycles. The smallest absolute Gasteiger partial charge is 0.321 e. The van der Waals surface area contributed by atoms with Gasteiger partial charge >= 0.3 is 6.03 Å². The summed E-state index contributed by atoms with van der Waals surface area (Å²) in [4.78, 5) is 29.0. The molecule has 152 valence electrons. The Morgan fingerprint density at radius 1 is 1.11 bits per heavy atom. The first kappa shape index (κ1) is 19.2. The number of rotatable bonds is 2. The highest BCUT2D eigenvalue weighted by Crippen LogP contribution is 2.43. The van der Waals surface area contributed by atoms with Gasteiger partial charge in [-0.05, 0) is 56.4 Å². The largest absolute Gasteiger partial charge is 0.362 e. The summed E-state index contributed by atoms with van der Waals surface area (Å²) in [7, 11) is 0. The highest BCUT2D eigenvalue weighted by molar-refractivity contribution is 5.89. The number of benzene rings is 1. The second-order valence-electron chi connectivity index (χ2n) is 8.28. The van der Waals surface area contributed by atoms with Gasteiger partial charge in [-0.3, -0.25) is 4.79 Å². The predicted molar refractivity (Wildman–Crippen MR) is 103 cm³/mol. The van der Waals surface area contributed by atoms with Crippen molar-refractivity contribution in [1.82, 2.24) is 9.80 Å².